The fourth-order valence-electron chi connectivity index (χ4n) is 2.49. The van der Waals surface area contributed by atoms with Gasteiger partial charge in [0.1, 0.15) is 5.75 Å². The first-order valence-corrected chi connectivity index (χ1v) is 10.1. The van der Waals surface area contributed by atoms with Gasteiger partial charge in [0.15, 0.2) is 0 Å². The van der Waals surface area contributed by atoms with E-state index in [9.17, 15) is 13.2 Å². The maximum absolute atomic E-state index is 12.5. The van der Waals surface area contributed by atoms with Gasteiger partial charge >= 0.3 is 0 Å². The lowest BCUT2D eigenvalue weighted by Crippen LogP contribution is -2.15. The number of amides is 1. The van der Waals surface area contributed by atoms with Crippen molar-refractivity contribution in [2.75, 3.05) is 17.1 Å². The van der Waals surface area contributed by atoms with Gasteiger partial charge in [0.25, 0.3) is 15.9 Å². The molecule has 0 aliphatic carbocycles. The number of hydrogen-bond donors (Lipinski definition) is 2. The number of nitrogens with one attached hydrogen (secondary N) is 2. The van der Waals surface area contributed by atoms with Crippen LogP contribution in [0.1, 0.15) is 10.4 Å². The Balaban J connectivity index is 1.77. The highest BCUT2D eigenvalue weighted by Gasteiger charge is 2.15. The van der Waals surface area contributed by atoms with Crippen molar-refractivity contribution >= 4 is 38.9 Å². The third-order valence-corrected chi connectivity index (χ3v) is 5.53. The summed E-state index contributed by atoms with van der Waals surface area (Å²) >= 11 is 6.06. The van der Waals surface area contributed by atoms with Crippen molar-refractivity contribution in [2.24, 2.45) is 0 Å². The van der Waals surface area contributed by atoms with Crippen LogP contribution in [0, 0.1) is 0 Å². The number of sulfonamides is 1. The Morgan fingerprint density at radius 2 is 1.68 bits per heavy atom. The summed E-state index contributed by atoms with van der Waals surface area (Å²) in [6.07, 6.45) is 0. The van der Waals surface area contributed by atoms with Crippen LogP contribution in [0.2, 0.25) is 5.02 Å². The molecule has 0 aliphatic rings. The third kappa shape index (κ3) is 4.62. The zero-order chi connectivity index (χ0) is 20.1. The summed E-state index contributed by atoms with van der Waals surface area (Å²) in [6, 6.07) is 19.1. The van der Waals surface area contributed by atoms with E-state index >= 15 is 0 Å². The van der Waals surface area contributed by atoms with E-state index in [0.717, 1.165) is 0 Å². The van der Waals surface area contributed by atoms with Crippen molar-refractivity contribution in [1.29, 1.82) is 0 Å². The molecule has 0 saturated carbocycles. The molecule has 0 aliphatic heterocycles. The van der Waals surface area contributed by atoms with Gasteiger partial charge in [0.2, 0.25) is 0 Å². The van der Waals surface area contributed by atoms with Crippen LogP contribution in [-0.2, 0) is 10.0 Å². The van der Waals surface area contributed by atoms with Gasteiger partial charge in [0.05, 0.1) is 17.0 Å². The van der Waals surface area contributed by atoms with Crippen LogP contribution in [0.25, 0.3) is 0 Å². The molecule has 3 aromatic rings. The van der Waals surface area contributed by atoms with E-state index in [2.05, 4.69) is 10.0 Å². The van der Waals surface area contributed by atoms with Gasteiger partial charge < -0.3 is 10.1 Å². The SMILES string of the molecule is COc1ccc(NC(=O)c2cccc(NS(=O)(=O)c3ccccc3)c2)cc1Cl. The first-order valence-electron chi connectivity index (χ1n) is 8.22. The molecule has 0 aromatic heterocycles. The average Bonchev–Trinajstić information content (AvgIpc) is 2.69. The molecular weight excluding hydrogens is 400 g/mol. The molecule has 0 unspecified atom stereocenters. The second-order valence-corrected chi connectivity index (χ2v) is 7.89. The number of methoxy groups -OCH3 is 1. The molecule has 0 atom stereocenters. The summed E-state index contributed by atoms with van der Waals surface area (Å²) in [6.45, 7) is 0. The second kappa shape index (κ2) is 8.33. The summed E-state index contributed by atoms with van der Waals surface area (Å²) in [4.78, 5) is 12.6. The Hall–Kier alpha value is -3.03. The van der Waals surface area contributed by atoms with Crippen molar-refractivity contribution in [3.8, 4) is 5.75 Å². The summed E-state index contributed by atoms with van der Waals surface area (Å²) in [5.41, 5.74) is 1.07. The topological polar surface area (TPSA) is 84.5 Å². The minimum Gasteiger partial charge on any atom is -0.495 e. The van der Waals surface area contributed by atoms with E-state index in [0.29, 0.717) is 22.0 Å². The predicted molar refractivity (Wildman–Crippen MR) is 110 cm³/mol. The maximum atomic E-state index is 12.5. The van der Waals surface area contributed by atoms with Gasteiger partial charge in [-0.2, -0.15) is 0 Å². The zero-order valence-corrected chi connectivity index (χ0v) is 16.4. The van der Waals surface area contributed by atoms with E-state index in [1.54, 1.807) is 54.6 Å². The fourth-order valence-corrected chi connectivity index (χ4v) is 3.81. The normalized spacial score (nSPS) is 10.9. The molecule has 0 saturated heterocycles. The van der Waals surface area contributed by atoms with Crippen LogP contribution >= 0.6 is 11.6 Å². The lowest BCUT2D eigenvalue weighted by molar-refractivity contribution is 0.102. The number of carbonyl (C=O) groups is 1. The summed E-state index contributed by atoms with van der Waals surface area (Å²) < 4.78 is 32.4. The number of hydrogen-bond acceptors (Lipinski definition) is 4. The minimum absolute atomic E-state index is 0.137. The highest BCUT2D eigenvalue weighted by molar-refractivity contribution is 7.92. The van der Waals surface area contributed by atoms with Crippen LogP contribution < -0.4 is 14.8 Å². The molecule has 0 spiro atoms. The number of benzene rings is 3. The third-order valence-electron chi connectivity index (χ3n) is 3.84. The zero-order valence-electron chi connectivity index (χ0n) is 14.8. The van der Waals surface area contributed by atoms with Crippen LogP contribution in [0.5, 0.6) is 5.75 Å². The Kier molecular flexibility index (Phi) is 5.87. The van der Waals surface area contributed by atoms with Crippen LogP contribution in [0.4, 0.5) is 11.4 Å². The van der Waals surface area contributed by atoms with Crippen molar-refractivity contribution in [3.63, 3.8) is 0 Å². The quantitative estimate of drug-likeness (QED) is 0.623. The largest absolute Gasteiger partial charge is 0.495 e. The molecular formula is C20H17ClN2O4S. The number of rotatable bonds is 6. The Morgan fingerprint density at radius 1 is 0.929 bits per heavy atom. The molecule has 28 heavy (non-hydrogen) atoms. The molecule has 1 amide bonds. The molecule has 144 valence electrons. The van der Waals surface area contributed by atoms with Crippen LogP contribution in [0.15, 0.2) is 77.7 Å². The van der Waals surface area contributed by atoms with Crippen molar-refractivity contribution < 1.29 is 17.9 Å². The van der Waals surface area contributed by atoms with Crippen LogP contribution in [-0.4, -0.2) is 21.4 Å². The average molecular weight is 417 g/mol. The smallest absolute Gasteiger partial charge is 0.261 e. The summed E-state index contributed by atoms with van der Waals surface area (Å²) in [5.74, 6) is 0.0963. The standard InChI is InChI=1S/C20H17ClN2O4S/c1-27-19-11-10-15(13-18(19)21)22-20(24)14-6-5-7-16(12-14)23-28(25,26)17-8-3-2-4-9-17/h2-13,23H,1H3,(H,22,24). The highest BCUT2D eigenvalue weighted by atomic mass is 35.5. The summed E-state index contributed by atoms with van der Waals surface area (Å²) in [7, 11) is -2.24. The Bertz CT molecular complexity index is 1100. The Labute approximate surface area is 168 Å². The van der Waals surface area contributed by atoms with Gasteiger partial charge in [-0.15, -0.1) is 0 Å². The predicted octanol–water partition coefficient (Wildman–Crippen LogP) is 4.40. The second-order valence-electron chi connectivity index (χ2n) is 5.80. The molecule has 0 heterocycles. The maximum Gasteiger partial charge on any atom is 0.261 e. The molecule has 0 radical (unpaired) electrons. The minimum atomic E-state index is -3.74. The van der Waals surface area contributed by atoms with Gasteiger partial charge in [-0.1, -0.05) is 35.9 Å². The van der Waals surface area contributed by atoms with Crippen molar-refractivity contribution in [1.82, 2.24) is 0 Å². The molecule has 0 bridgehead atoms. The first kappa shape index (κ1) is 19.7. The highest BCUT2D eigenvalue weighted by Crippen LogP contribution is 2.27. The number of halogens is 1. The molecule has 2 N–H and O–H groups in total. The first-order chi connectivity index (χ1) is 13.4. The molecule has 3 rings (SSSR count). The van der Waals surface area contributed by atoms with E-state index in [1.165, 1.54) is 25.3 Å². The van der Waals surface area contributed by atoms with E-state index in [1.807, 2.05) is 0 Å². The molecule has 6 nitrogen and oxygen atoms in total. The van der Waals surface area contributed by atoms with Gasteiger partial charge in [-0.3, -0.25) is 9.52 Å². The van der Waals surface area contributed by atoms with E-state index in [4.69, 9.17) is 16.3 Å². The fraction of sp³-hybridized carbons (Fsp3) is 0.0500. The van der Waals surface area contributed by atoms with Gasteiger partial charge in [0, 0.05) is 16.9 Å². The molecule has 0 fully saturated rings. The lowest BCUT2D eigenvalue weighted by Gasteiger charge is -2.11. The monoisotopic (exact) mass is 416 g/mol. The van der Waals surface area contributed by atoms with Crippen LogP contribution in [0.3, 0.4) is 0 Å². The lowest BCUT2D eigenvalue weighted by atomic mass is 10.2. The molecule has 8 heteroatoms. The Morgan fingerprint density at radius 3 is 2.36 bits per heavy atom. The van der Waals surface area contributed by atoms with E-state index < -0.39 is 15.9 Å². The number of anilines is 2. The van der Waals surface area contributed by atoms with Gasteiger partial charge in [-0.05, 0) is 48.5 Å². The van der Waals surface area contributed by atoms with Crippen molar-refractivity contribution in [2.45, 2.75) is 4.90 Å². The van der Waals surface area contributed by atoms with E-state index in [-0.39, 0.29) is 10.6 Å². The van der Waals surface area contributed by atoms with Gasteiger partial charge in [-0.25, -0.2) is 8.42 Å². The summed E-state index contributed by atoms with van der Waals surface area (Å²) in [5, 5.41) is 3.08. The van der Waals surface area contributed by atoms with Crippen molar-refractivity contribution in [3.05, 3.63) is 83.4 Å². The number of carbonyl (C=O) groups excluding carboxylic acids is 1. The number of ether oxygens (including phenoxy) is 1. The molecule has 3 aromatic carbocycles.